The minimum Gasteiger partial charge on any atom is -0.330 e. The van der Waals surface area contributed by atoms with Gasteiger partial charge in [-0.1, -0.05) is 26.2 Å². The fourth-order valence-corrected chi connectivity index (χ4v) is 2.17. The fourth-order valence-electron chi connectivity index (χ4n) is 2.17. The zero-order chi connectivity index (χ0) is 10.2. The summed E-state index contributed by atoms with van der Waals surface area (Å²) in [6, 6.07) is 0.842. The first kappa shape index (κ1) is 12.0. The number of nitrogens with one attached hydrogen (secondary N) is 1. The van der Waals surface area contributed by atoms with Gasteiger partial charge in [0.05, 0.1) is 0 Å². The van der Waals surface area contributed by atoms with Gasteiger partial charge in [-0.3, -0.25) is 0 Å². The zero-order valence-corrected chi connectivity index (χ0v) is 9.60. The average molecular weight is 198 g/mol. The van der Waals surface area contributed by atoms with Crippen molar-refractivity contribution in [3.63, 3.8) is 0 Å². The highest BCUT2D eigenvalue weighted by Gasteiger charge is 2.23. The van der Waals surface area contributed by atoms with Crippen molar-refractivity contribution in [2.75, 3.05) is 13.1 Å². The van der Waals surface area contributed by atoms with Crippen LogP contribution in [0.1, 0.15) is 51.9 Å². The van der Waals surface area contributed by atoms with Gasteiger partial charge in [0.2, 0.25) is 0 Å². The van der Waals surface area contributed by atoms with Crippen molar-refractivity contribution >= 4 is 0 Å². The first-order valence-corrected chi connectivity index (χ1v) is 6.26. The Morgan fingerprint density at radius 2 is 1.71 bits per heavy atom. The third-order valence-electron chi connectivity index (χ3n) is 3.19. The van der Waals surface area contributed by atoms with Crippen molar-refractivity contribution in [2.45, 2.75) is 57.9 Å². The molecule has 0 unspecified atom stereocenters. The van der Waals surface area contributed by atoms with E-state index in [0.717, 1.165) is 18.5 Å². The molecule has 1 aliphatic carbocycles. The van der Waals surface area contributed by atoms with E-state index in [0.29, 0.717) is 0 Å². The van der Waals surface area contributed by atoms with Crippen LogP contribution in [0.15, 0.2) is 0 Å². The van der Waals surface area contributed by atoms with Gasteiger partial charge in [0.1, 0.15) is 0 Å². The third kappa shape index (κ3) is 4.97. The first-order chi connectivity index (χ1) is 6.83. The molecule has 0 saturated heterocycles. The second-order valence-electron chi connectivity index (χ2n) is 4.78. The Balaban J connectivity index is 1.72. The SMILES string of the molecule is CC1CC(NCCCCCCCN)C1. The molecule has 0 aromatic heterocycles. The zero-order valence-electron chi connectivity index (χ0n) is 9.60. The average Bonchev–Trinajstić information content (AvgIpc) is 2.13. The molecule has 14 heavy (non-hydrogen) atoms. The van der Waals surface area contributed by atoms with E-state index in [1.807, 2.05) is 0 Å². The number of unbranched alkanes of at least 4 members (excludes halogenated alkanes) is 4. The van der Waals surface area contributed by atoms with E-state index in [2.05, 4.69) is 12.2 Å². The number of rotatable bonds is 8. The van der Waals surface area contributed by atoms with E-state index in [9.17, 15) is 0 Å². The Kier molecular flexibility index (Phi) is 6.20. The molecule has 0 aliphatic heterocycles. The second-order valence-corrected chi connectivity index (χ2v) is 4.78. The molecule has 84 valence electrons. The lowest BCUT2D eigenvalue weighted by atomic mass is 9.82. The quantitative estimate of drug-likeness (QED) is 0.587. The molecular weight excluding hydrogens is 172 g/mol. The van der Waals surface area contributed by atoms with E-state index in [1.54, 1.807) is 0 Å². The smallest absolute Gasteiger partial charge is 0.00721 e. The van der Waals surface area contributed by atoms with Crippen LogP contribution in [-0.4, -0.2) is 19.1 Å². The Hall–Kier alpha value is -0.0800. The van der Waals surface area contributed by atoms with Crippen LogP contribution in [0.25, 0.3) is 0 Å². The fraction of sp³-hybridized carbons (Fsp3) is 1.00. The van der Waals surface area contributed by atoms with Gasteiger partial charge < -0.3 is 11.1 Å². The molecule has 1 rings (SSSR count). The predicted octanol–water partition coefficient (Wildman–Crippen LogP) is 2.28. The van der Waals surface area contributed by atoms with Crippen molar-refractivity contribution in [3.05, 3.63) is 0 Å². The van der Waals surface area contributed by atoms with Gasteiger partial charge in [-0.2, -0.15) is 0 Å². The molecule has 1 saturated carbocycles. The molecule has 0 heterocycles. The molecular formula is C12H26N2. The van der Waals surface area contributed by atoms with Crippen molar-refractivity contribution in [2.24, 2.45) is 11.7 Å². The molecule has 1 aliphatic rings. The standard InChI is InChI=1S/C12H26N2/c1-11-9-12(10-11)14-8-6-4-2-3-5-7-13/h11-12,14H,2-10,13H2,1H3. The molecule has 0 aromatic rings. The predicted molar refractivity (Wildman–Crippen MR) is 62.3 cm³/mol. The maximum absolute atomic E-state index is 5.44. The highest BCUT2D eigenvalue weighted by atomic mass is 14.9. The summed E-state index contributed by atoms with van der Waals surface area (Å²) in [7, 11) is 0. The lowest BCUT2D eigenvalue weighted by Gasteiger charge is -2.33. The number of hydrogen-bond acceptors (Lipinski definition) is 2. The van der Waals surface area contributed by atoms with Crippen LogP contribution in [0.2, 0.25) is 0 Å². The van der Waals surface area contributed by atoms with Crippen LogP contribution in [-0.2, 0) is 0 Å². The summed E-state index contributed by atoms with van der Waals surface area (Å²) in [4.78, 5) is 0. The van der Waals surface area contributed by atoms with Gasteiger partial charge in [-0.05, 0) is 44.7 Å². The normalized spacial score (nSPS) is 26.1. The van der Waals surface area contributed by atoms with Crippen molar-refractivity contribution in [1.82, 2.24) is 5.32 Å². The highest BCUT2D eigenvalue weighted by molar-refractivity contribution is 4.81. The van der Waals surface area contributed by atoms with Gasteiger partial charge in [-0.25, -0.2) is 0 Å². The summed E-state index contributed by atoms with van der Waals surface area (Å²) >= 11 is 0. The lowest BCUT2D eigenvalue weighted by molar-refractivity contribution is 0.241. The van der Waals surface area contributed by atoms with E-state index in [-0.39, 0.29) is 0 Å². The molecule has 0 spiro atoms. The molecule has 0 atom stereocenters. The van der Waals surface area contributed by atoms with Crippen LogP contribution >= 0.6 is 0 Å². The van der Waals surface area contributed by atoms with Crippen molar-refractivity contribution < 1.29 is 0 Å². The molecule has 1 fully saturated rings. The van der Waals surface area contributed by atoms with Crippen LogP contribution < -0.4 is 11.1 Å². The lowest BCUT2D eigenvalue weighted by Crippen LogP contribution is -2.40. The molecule has 2 nitrogen and oxygen atoms in total. The van der Waals surface area contributed by atoms with Crippen LogP contribution in [0.5, 0.6) is 0 Å². The molecule has 0 bridgehead atoms. The Bertz CT molecular complexity index is 130. The van der Waals surface area contributed by atoms with Gasteiger partial charge in [0, 0.05) is 6.04 Å². The Labute approximate surface area is 88.6 Å². The van der Waals surface area contributed by atoms with Crippen LogP contribution in [0.3, 0.4) is 0 Å². The minimum atomic E-state index is 0.842. The second kappa shape index (κ2) is 7.24. The summed E-state index contributed by atoms with van der Waals surface area (Å²) in [5.41, 5.74) is 5.44. The van der Waals surface area contributed by atoms with E-state index >= 15 is 0 Å². The minimum absolute atomic E-state index is 0.842. The summed E-state index contributed by atoms with van der Waals surface area (Å²) in [6.07, 6.45) is 9.38. The Morgan fingerprint density at radius 1 is 1.07 bits per heavy atom. The van der Waals surface area contributed by atoms with Gasteiger partial charge >= 0.3 is 0 Å². The number of nitrogens with two attached hydrogens (primary N) is 1. The van der Waals surface area contributed by atoms with E-state index < -0.39 is 0 Å². The van der Waals surface area contributed by atoms with Gasteiger partial charge in [0.25, 0.3) is 0 Å². The maximum Gasteiger partial charge on any atom is 0.00721 e. The summed E-state index contributed by atoms with van der Waals surface area (Å²) < 4.78 is 0. The van der Waals surface area contributed by atoms with Crippen molar-refractivity contribution in [3.8, 4) is 0 Å². The largest absolute Gasteiger partial charge is 0.330 e. The molecule has 0 aromatic carbocycles. The van der Waals surface area contributed by atoms with Gasteiger partial charge in [-0.15, -0.1) is 0 Å². The molecule has 0 radical (unpaired) electrons. The summed E-state index contributed by atoms with van der Waals surface area (Å²) in [5.74, 6) is 0.969. The monoisotopic (exact) mass is 198 g/mol. The van der Waals surface area contributed by atoms with Crippen molar-refractivity contribution in [1.29, 1.82) is 0 Å². The summed E-state index contributed by atoms with van der Waals surface area (Å²) in [5, 5.41) is 3.62. The third-order valence-corrected chi connectivity index (χ3v) is 3.19. The van der Waals surface area contributed by atoms with Gasteiger partial charge in [0.15, 0.2) is 0 Å². The Morgan fingerprint density at radius 3 is 2.36 bits per heavy atom. The molecule has 3 N–H and O–H groups in total. The topological polar surface area (TPSA) is 38.0 Å². The van der Waals surface area contributed by atoms with Crippen LogP contribution in [0, 0.1) is 5.92 Å². The first-order valence-electron chi connectivity index (χ1n) is 6.26. The molecule has 2 heteroatoms. The molecule has 0 amide bonds. The summed E-state index contributed by atoms with van der Waals surface area (Å²) in [6.45, 7) is 4.42. The highest BCUT2D eigenvalue weighted by Crippen LogP contribution is 2.26. The maximum atomic E-state index is 5.44. The van der Waals surface area contributed by atoms with Crippen LogP contribution in [0.4, 0.5) is 0 Å². The van der Waals surface area contributed by atoms with E-state index in [1.165, 1.54) is 51.5 Å². The van der Waals surface area contributed by atoms with E-state index in [4.69, 9.17) is 5.73 Å². The number of hydrogen-bond donors (Lipinski definition) is 2.